The van der Waals surface area contributed by atoms with Crippen LogP contribution in [0.25, 0.3) is 0 Å². The van der Waals surface area contributed by atoms with Gasteiger partial charge in [0.15, 0.2) is 0 Å². The summed E-state index contributed by atoms with van der Waals surface area (Å²) in [5.74, 6) is 1.06. The second-order valence-electron chi connectivity index (χ2n) is 3.86. The van der Waals surface area contributed by atoms with Crippen molar-refractivity contribution in [1.29, 1.82) is 0 Å². The van der Waals surface area contributed by atoms with Crippen molar-refractivity contribution < 1.29 is 9.66 Å². The SMILES string of the molecule is O=[N+]([O-])c1ccc(Oc2ccc(CBr)c(Br)c2)cc1Cl. The maximum absolute atomic E-state index is 10.7. The minimum atomic E-state index is -0.534. The molecule has 0 saturated carbocycles. The van der Waals surface area contributed by atoms with Gasteiger partial charge in [-0.3, -0.25) is 10.1 Å². The summed E-state index contributed by atoms with van der Waals surface area (Å²) in [5, 5.41) is 11.5. The monoisotopic (exact) mass is 419 g/mol. The molecule has 0 aliphatic rings. The topological polar surface area (TPSA) is 52.4 Å². The fourth-order valence-corrected chi connectivity index (χ4v) is 3.14. The van der Waals surface area contributed by atoms with Crippen LogP contribution in [-0.2, 0) is 5.33 Å². The highest BCUT2D eigenvalue weighted by Crippen LogP contribution is 2.32. The number of alkyl halides is 1. The van der Waals surface area contributed by atoms with Gasteiger partial charge in [0.25, 0.3) is 5.69 Å². The third-order valence-electron chi connectivity index (χ3n) is 2.52. The number of hydrogen-bond acceptors (Lipinski definition) is 3. The minimum Gasteiger partial charge on any atom is -0.457 e. The summed E-state index contributed by atoms with van der Waals surface area (Å²) in [5.41, 5.74) is 0.953. The molecule has 2 rings (SSSR count). The standard InChI is InChI=1S/C13H8Br2ClNO3/c14-7-8-1-2-9(5-11(8)15)20-10-3-4-13(17(18)19)12(16)6-10/h1-6H,7H2. The maximum atomic E-state index is 10.7. The summed E-state index contributed by atoms with van der Waals surface area (Å²) in [6.07, 6.45) is 0. The van der Waals surface area contributed by atoms with E-state index in [1.165, 1.54) is 18.2 Å². The van der Waals surface area contributed by atoms with Gasteiger partial charge < -0.3 is 4.74 Å². The van der Waals surface area contributed by atoms with Gasteiger partial charge in [0, 0.05) is 21.9 Å². The summed E-state index contributed by atoms with van der Waals surface area (Å²) in [6, 6.07) is 9.81. The lowest BCUT2D eigenvalue weighted by molar-refractivity contribution is -0.384. The van der Waals surface area contributed by atoms with Crippen LogP contribution in [0.1, 0.15) is 5.56 Å². The zero-order valence-corrected chi connectivity index (χ0v) is 13.9. The van der Waals surface area contributed by atoms with Crippen molar-refractivity contribution in [1.82, 2.24) is 0 Å². The molecule has 2 aromatic rings. The van der Waals surface area contributed by atoms with Crippen LogP contribution >= 0.6 is 43.5 Å². The molecule has 0 unspecified atom stereocenters. The van der Waals surface area contributed by atoms with Crippen molar-refractivity contribution in [2.45, 2.75) is 5.33 Å². The summed E-state index contributed by atoms with van der Waals surface area (Å²) < 4.78 is 6.54. The van der Waals surface area contributed by atoms with E-state index in [0.29, 0.717) is 11.5 Å². The van der Waals surface area contributed by atoms with Crippen LogP contribution in [0.15, 0.2) is 40.9 Å². The molecule has 0 saturated heterocycles. The van der Waals surface area contributed by atoms with Crippen molar-refractivity contribution in [3.05, 3.63) is 61.6 Å². The first-order valence-electron chi connectivity index (χ1n) is 5.47. The fraction of sp³-hybridized carbons (Fsp3) is 0.0769. The third kappa shape index (κ3) is 3.50. The van der Waals surface area contributed by atoms with Gasteiger partial charge in [-0.2, -0.15) is 0 Å². The summed E-state index contributed by atoms with van der Waals surface area (Å²) in [7, 11) is 0. The van der Waals surface area contributed by atoms with Crippen molar-refractivity contribution >= 4 is 49.1 Å². The molecule has 0 aliphatic heterocycles. The van der Waals surface area contributed by atoms with Crippen LogP contribution in [0.2, 0.25) is 5.02 Å². The van der Waals surface area contributed by atoms with Crippen molar-refractivity contribution in [3.8, 4) is 11.5 Å². The fourth-order valence-electron chi connectivity index (χ4n) is 1.54. The van der Waals surface area contributed by atoms with Crippen LogP contribution in [0.5, 0.6) is 11.5 Å². The van der Waals surface area contributed by atoms with E-state index in [4.69, 9.17) is 16.3 Å². The Morgan fingerprint density at radius 2 is 1.85 bits per heavy atom. The van der Waals surface area contributed by atoms with E-state index in [-0.39, 0.29) is 10.7 Å². The van der Waals surface area contributed by atoms with Gasteiger partial charge >= 0.3 is 0 Å². The molecular weight excluding hydrogens is 413 g/mol. The Labute approximate surface area is 137 Å². The van der Waals surface area contributed by atoms with Crippen molar-refractivity contribution in [2.24, 2.45) is 0 Å². The first-order chi connectivity index (χ1) is 9.51. The normalized spacial score (nSPS) is 10.3. The van der Waals surface area contributed by atoms with E-state index in [9.17, 15) is 10.1 Å². The summed E-state index contributed by atoms with van der Waals surface area (Å²) in [6.45, 7) is 0. The Kier molecular flexibility index (Phi) is 5.01. The van der Waals surface area contributed by atoms with E-state index in [2.05, 4.69) is 31.9 Å². The van der Waals surface area contributed by atoms with Gasteiger partial charge in [0.1, 0.15) is 16.5 Å². The highest BCUT2D eigenvalue weighted by molar-refractivity contribution is 9.10. The summed E-state index contributed by atoms with van der Waals surface area (Å²) in [4.78, 5) is 10.1. The number of nitrogens with zero attached hydrogens (tertiary/aromatic N) is 1. The van der Waals surface area contributed by atoms with Gasteiger partial charge in [-0.25, -0.2) is 0 Å². The summed E-state index contributed by atoms with van der Waals surface area (Å²) >= 11 is 12.7. The van der Waals surface area contributed by atoms with Gasteiger partial charge in [0.2, 0.25) is 0 Å². The second kappa shape index (κ2) is 6.56. The Hall–Kier alpha value is -1.11. The van der Waals surface area contributed by atoms with E-state index in [1.54, 1.807) is 0 Å². The van der Waals surface area contributed by atoms with Crippen LogP contribution in [0, 0.1) is 10.1 Å². The molecule has 0 fully saturated rings. The molecule has 20 heavy (non-hydrogen) atoms. The molecule has 0 heterocycles. The molecular formula is C13H8Br2ClNO3. The number of halogens is 3. The predicted octanol–water partition coefficient (Wildman–Crippen LogP) is 5.70. The first kappa shape index (κ1) is 15.3. The zero-order chi connectivity index (χ0) is 14.7. The molecule has 0 amide bonds. The third-order valence-corrected chi connectivity index (χ3v) is 4.17. The molecule has 2 aromatic carbocycles. The molecule has 0 aromatic heterocycles. The van der Waals surface area contributed by atoms with E-state index < -0.39 is 4.92 Å². The quantitative estimate of drug-likeness (QED) is 0.362. The molecule has 0 aliphatic carbocycles. The molecule has 0 spiro atoms. The second-order valence-corrected chi connectivity index (χ2v) is 5.68. The molecule has 0 N–H and O–H groups in total. The smallest absolute Gasteiger partial charge is 0.288 e. The predicted molar refractivity (Wildman–Crippen MR) is 85.0 cm³/mol. The molecule has 0 radical (unpaired) electrons. The highest BCUT2D eigenvalue weighted by atomic mass is 79.9. The van der Waals surface area contributed by atoms with Crippen molar-refractivity contribution in [2.75, 3.05) is 0 Å². The van der Waals surface area contributed by atoms with Gasteiger partial charge in [0.05, 0.1) is 4.92 Å². The lowest BCUT2D eigenvalue weighted by Gasteiger charge is -2.08. The van der Waals surface area contributed by atoms with Gasteiger partial charge in [-0.15, -0.1) is 0 Å². The Balaban J connectivity index is 2.24. The molecule has 104 valence electrons. The average molecular weight is 421 g/mol. The number of hydrogen-bond donors (Lipinski definition) is 0. The van der Waals surface area contributed by atoms with Crippen LogP contribution in [-0.4, -0.2) is 4.92 Å². The molecule has 0 atom stereocenters. The number of benzene rings is 2. The number of nitro groups is 1. The maximum Gasteiger partial charge on any atom is 0.288 e. The molecule has 0 bridgehead atoms. The van der Waals surface area contributed by atoms with Crippen molar-refractivity contribution in [3.63, 3.8) is 0 Å². The average Bonchev–Trinajstić information content (AvgIpc) is 2.38. The lowest BCUT2D eigenvalue weighted by atomic mass is 10.2. The van der Waals surface area contributed by atoms with Crippen LogP contribution in [0.4, 0.5) is 5.69 Å². The molecule has 4 nitrogen and oxygen atoms in total. The van der Waals surface area contributed by atoms with Crippen LogP contribution in [0.3, 0.4) is 0 Å². The van der Waals surface area contributed by atoms with Gasteiger partial charge in [-0.05, 0) is 23.8 Å². The number of ether oxygens (including phenoxy) is 1. The van der Waals surface area contributed by atoms with Crippen LogP contribution < -0.4 is 4.74 Å². The molecule has 7 heteroatoms. The van der Waals surface area contributed by atoms with E-state index >= 15 is 0 Å². The number of rotatable bonds is 4. The largest absolute Gasteiger partial charge is 0.457 e. The van der Waals surface area contributed by atoms with E-state index in [0.717, 1.165) is 15.4 Å². The Morgan fingerprint density at radius 1 is 1.20 bits per heavy atom. The first-order valence-corrected chi connectivity index (χ1v) is 7.76. The van der Waals surface area contributed by atoms with E-state index in [1.807, 2.05) is 18.2 Å². The minimum absolute atomic E-state index is 0.0450. The Morgan fingerprint density at radius 3 is 2.40 bits per heavy atom. The zero-order valence-electron chi connectivity index (χ0n) is 9.98. The lowest BCUT2D eigenvalue weighted by Crippen LogP contribution is -1.91. The van der Waals surface area contributed by atoms with Gasteiger partial charge in [-0.1, -0.05) is 49.5 Å². The number of nitro benzene ring substituents is 1. The highest BCUT2D eigenvalue weighted by Gasteiger charge is 2.13. The Bertz CT molecular complexity index is 664.